The lowest BCUT2D eigenvalue weighted by Crippen LogP contribution is -2.71. The standard InChI is InChI=1S/C16H18F3N5O3/c17-16(18,19)12-20-5-11(6-21-12)10-1-3-23(4-2-10)14(26)24-7-15(8-24)9-27-13(25)22-15/h5-6,10H,1-4,7-9H2,(H,22,25). The molecular formula is C16H18F3N5O3. The van der Waals surface area contributed by atoms with E-state index < -0.39 is 23.6 Å². The van der Waals surface area contributed by atoms with Crippen LogP contribution in [-0.2, 0) is 10.9 Å². The molecule has 0 unspecified atom stereocenters. The summed E-state index contributed by atoms with van der Waals surface area (Å²) in [6.07, 6.45) is -1.28. The average Bonchev–Trinajstić information content (AvgIpc) is 3.02. The van der Waals surface area contributed by atoms with Gasteiger partial charge in [-0.25, -0.2) is 19.6 Å². The quantitative estimate of drug-likeness (QED) is 0.793. The Labute approximate surface area is 152 Å². The largest absolute Gasteiger partial charge is 0.451 e. The summed E-state index contributed by atoms with van der Waals surface area (Å²) >= 11 is 0. The molecule has 0 aliphatic carbocycles. The van der Waals surface area contributed by atoms with Gasteiger partial charge >= 0.3 is 18.3 Å². The van der Waals surface area contributed by atoms with Crippen molar-refractivity contribution in [2.24, 2.45) is 0 Å². The highest BCUT2D eigenvalue weighted by molar-refractivity contribution is 5.78. The minimum Gasteiger partial charge on any atom is -0.447 e. The molecule has 3 amide bonds. The average molecular weight is 385 g/mol. The van der Waals surface area contributed by atoms with Crippen LogP contribution in [0.15, 0.2) is 12.4 Å². The zero-order chi connectivity index (χ0) is 19.2. The number of nitrogens with one attached hydrogen (secondary N) is 1. The van der Waals surface area contributed by atoms with E-state index in [2.05, 4.69) is 15.3 Å². The molecule has 4 heterocycles. The van der Waals surface area contributed by atoms with Gasteiger partial charge in [0.15, 0.2) is 0 Å². The van der Waals surface area contributed by atoms with Gasteiger partial charge in [0.2, 0.25) is 5.82 Å². The van der Waals surface area contributed by atoms with Crippen molar-refractivity contribution in [3.05, 3.63) is 23.8 Å². The number of carbonyl (C=O) groups excluding carboxylic acids is 2. The molecule has 1 aromatic heterocycles. The van der Waals surface area contributed by atoms with Gasteiger partial charge in [0.05, 0.1) is 13.1 Å². The van der Waals surface area contributed by atoms with E-state index >= 15 is 0 Å². The Bertz CT molecular complexity index is 741. The van der Waals surface area contributed by atoms with E-state index in [1.54, 1.807) is 9.80 Å². The van der Waals surface area contributed by atoms with Crippen LogP contribution in [0, 0.1) is 0 Å². The number of ether oxygens (including phenoxy) is 1. The highest BCUT2D eigenvalue weighted by Gasteiger charge is 2.52. The molecule has 0 radical (unpaired) electrons. The fourth-order valence-electron chi connectivity index (χ4n) is 3.78. The Hall–Kier alpha value is -2.59. The molecule has 11 heteroatoms. The molecule has 8 nitrogen and oxygen atoms in total. The van der Waals surface area contributed by atoms with Gasteiger partial charge in [0.1, 0.15) is 12.1 Å². The number of halogens is 3. The molecule has 3 fully saturated rings. The maximum Gasteiger partial charge on any atom is 0.451 e. The van der Waals surface area contributed by atoms with Crippen LogP contribution in [0.4, 0.5) is 22.8 Å². The van der Waals surface area contributed by atoms with Gasteiger partial charge in [-0.1, -0.05) is 0 Å². The Morgan fingerprint density at radius 2 is 1.81 bits per heavy atom. The van der Waals surface area contributed by atoms with Crippen molar-refractivity contribution in [1.82, 2.24) is 25.1 Å². The molecule has 3 aliphatic heterocycles. The smallest absolute Gasteiger partial charge is 0.447 e. The van der Waals surface area contributed by atoms with Crippen LogP contribution in [0.5, 0.6) is 0 Å². The number of cyclic esters (lactones) is 1. The summed E-state index contributed by atoms with van der Waals surface area (Å²) in [5, 5.41) is 2.73. The van der Waals surface area contributed by atoms with E-state index in [4.69, 9.17) is 4.74 Å². The fourth-order valence-corrected chi connectivity index (χ4v) is 3.78. The van der Waals surface area contributed by atoms with Gasteiger partial charge in [0, 0.05) is 25.5 Å². The molecule has 0 aromatic carbocycles. The van der Waals surface area contributed by atoms with Gasteiger partial charge in [-0.2, -0.15) is 13.2 Å². The number of rotatable bonds is 1. The third-order valence-corrected chi connectivity index (χ3v) is 5.27. The van der Waals surface area contributed by atoms with Gasteiger partial charge in [-0.15, -0.1) is 0 Å². The van der Waals surface area contributed by atoms with Crippen LogP contribution >= 0.6 is 0 Å². The van der Waals surface area contributed by atoms with E-state index in [1.807, 2.05) is 0 Å². The highest BCUT2D eigenvalue weighted by Crippen LogP contribution is 2.32. The zero-order valence-electron chi connectivity index (χ0n) is 14.3. The molecule has 146 valence electrons. The van der Waals surface area contributed by atoms with Crippen LogP contribution in [0.2, 0.25) is 0 Å². The lowest BCUT2D eigenvalue weighted by molar-refractivity contribution is -0.145. The molecule has 3 aliphatic rings. The number of nitrogens with zero attached hydrogens (tertiary/aromatic N) is 4. The number of piperidine rings is 1. The lowest BCUT2D eigenvalue weighted by atomic mass is 9.90. The number of alkyl carbamates (subject to hydrolysis) is 1. The summed E-state index contributed by atoms with van der Waals surface area (Å²) in [4.78, 5) is 33.9. The molecule has 0 saturated carbocycles. The normalized spacial score (nSPS) is 22.4. The van der Waals surface area contributed by atoms with E-state index in [-0.39, 0.29) is 18.6 Å². The first-order valence-corrected chi connectivity index (χ1v) is 8.64. The summed E-state index contributed by atoms with van der Waals surface area (Å²) in [5.41, 5.74) is 0.201. The number of hydrogen-bond acceptors (Lipinski definition) is 5. The second kappa shape index (κ2) is 6.24. The predicted molar refractivity (Wildman–Crippen MR) is 84.8 cm³/mol. The summed E-state index contributed by atoms with van der Waals surface area (Å²) < 4.78 is 42.5. The van der Waals surface area contributed by atoms with Crippen molar-refractivity contribution in [2.75, 3.05) is 32.8 Å². The summed E-state index contributed by atoms with van der Waals surface area (Å²) in [6.45, 7) is 2.13. The summed E-state index contributed by atoms with van der Waals surface area (Å²) in [7, 11) is 0. The van der Waals surface area contributed by atoms with Gasteiger partial charge in [-0.05, 0) is 24.3 Å². The van der Waals surface area contributed by atoms with E-state index in [9.17, 15) is 22.8 Å². The zero-order valence-corrected chi connectivity index (χ0v) is 14.3. The van der Waals surface area contributed by atoms with Crippen LogP contribution in [0.3, 0.4) is 0 Å². The first-order valence-electron chi connectivity index (χ1n) is 8.64. The SMILES string of the molecule is O=C1NC2(CO1)CN(C(=O)N1CCC(c3cnc(C(F)(F)F)nc3)CC1)C2. The summed E-state index contributed by atoms with van der Waals surface area (Å²) in [5.74, 6) is -1.12. The monoisotopic (exact) mass is 385 g/mol. The topological polar surface area (TPSA) is 87.7 Å². The molecule has 1 spiro atoms. The van der Waals surface area contributed by atoms with Crippen molar-refractivity contribution in [3.63, 3.8) is 0 Å². The number of likely N-dealkylation sites (tertiary alicyclic amines) is 2. The van der Waals surface area contributed by atoms with Crippen molar-refractivity contribution >= 4 is 12.1 Å². The van der Waals surface area contributed by atoms with E-state index in [0.29, 0.717) is 44.6 Å². The number of carbonyl (C=O) groups is 2. The van der Waals surface area contributed by atoms with Crippen molar-refractivity contribution in [1.29, 1.82) is 0 Å². The van der Waals surface area contributed by atoms with Crippen LogP contribution < -0.4 is 5.32 Å². The van der Waals surface area contributed by atoms with Crippen LogP contribution in [0.1, 0.15) is 30.1 Å². The van der Waals surface area contributed by atoms with Crippen molar-refractivity contribution in [2.45, 2.75) is 30.5 Å². The molecule has 1 aromatic rings. The molecular weight excluding hydrogens is 367 g/mol. The Morgan fingerprint density at radius 3 is 2.33 bits per heavy atom. The van der Waals surface area contributed by atoms with Crippen molar-refractivity contribution in [3.8, 4) is 0 Å². The maximum atomic E-state index is 12.5. The number of amides is 3. The first kappa shape index (κ1) is 17.8. The van der Waals surface area contributed by atoms with E-state index in [1.165, 1.54) is 12.4 Å². The number of urea groups is 1. The Morgan fingerprint density at radius 1 is 1.19 bits per heavy atom. The third-order valence-electron chi connectivity index (χ3n) is 5.27. The first-order chi connectivity index (χ1) is 12.8. The van der Waals surface area contributed by atoms with Gasteiger partial charge in [0.25, 0.3) is 0 Å². The fraction of sp³-hybridized carbons (Fsp3) is 0.625. The van der Waals surface area contributed by atoms with Gasteiger partial charge in [-0.3, -0.25) is 0 Å². The number of alkyl halides is 3. The Balaban J connectivity index is 1.29. The maximum absolute atomic E-state index is 12.5. The summed E-state index contributed by atoms with van der Waals surface area (Å²) in [6, 6.07) is -0.0936. The second-order valence-corrected chi connectivity index (χ2v) is 7.22. The molecule has 1 N–H and O–H groups in total. The molecule has 0 bridgehead atoms. The minimum absolute atomic E-state index is 0.0292. The second-order valence-electron chi connectivity index (χ2n) is 7.22. The van der Waals surface area contributed by atoms with Crippen molar-refractivity contribution < 1.29 is 27.5 Å². The van der Waals surface area contributed by atoms with Crippen LogP contribution in [0.25, 0.3) is 0 Å². The Kier molecular flexibility index (Phi) is 4.11. The minimum atomic E-state index is -4.55. The molecule has 0 atom stereocenters. The van der Waals surface area contributed by atoms with Gasteiger partial charge < -0.3 is 19.9 Å². The molecule has 27 heavy (non-hydrogen) atoms. The number of hydrogen-bond donors (Lipinski definition) is 1. The number of aromatic nitrogens is 2. The predicted octanol–water partition coefficient (Wildman–Crippen LogP) is 1.59. The third kappa shape index (κ3) is 3.37. The van der Waals surface area contributed by atoms with Crippen LogP contribution in [-0.4, -0.2) is 70.2 Å². The molecule has 3 saturated heterocycles. The highest BCUT2D eigenvalue weighted by atomic mass is 19.4. The molecule has 4 rings (SSSR count). The lowest BCUT2D eigenvalue weighted by Gasteiger charge is -2.48. The van der Waals surface area contributed by atoms with E-state index in [0.717, 1.165) is 0 Å².